The van der Waals surface area contributed by atoms with Crippen molar-refractivity contribution in [1.82, 2.24) is 15.1 Å². The number of amides is 1. The molecule has 0 fully saturated rings. The number of aromatic nitrogens is 2. The van der Waals surface area contributed by atoms with Crippen LogP contribution in [0.5, 0.6) is 0 Å². The monoisotopic (exact) mass is 210 g/mol. The second-order valence-electron chi connectivity index (χ2n) is 3.52. The Kier molecular flexibility index (Phi) is 4.30. The molecule has 1 atom stereocenters. The van der Waals surface area contributed by atoms with Gasteiger partial charge in [-0.25, -0.2) is 0 Å². The van der Waals surface area contributed by atoms with E-state index in [-0.39, 0.29) is 11.9 Å². The average Bonchev–Trinajstić information content (AvgIpc) is 2.65. The SMILES string of the molecule is CCn1cc(C(C)NCCC(N)=O)cn1. The first kappa shape index (κ1) is 11.7. The molecular weight excluding hydrogens is 192 g/mol. The maximum atomic E-state index is 10.5. The van der Waals surface area contributed by atoms with E-state index < -0.39 is 0 Å². The molecule has 0 aliphatic rings. The zero-order valence-electron chi connectivity index (χ0n) is 9.23. The van der Waals surface area contributed by atoms with E-state index in [1.807, 2.05) is 30.9 Å². The number of nitrogens with one attached hydrogen (secondary N) is 1. The lowest BCUT2D eigenvalue weighted by atomic mass is 10.2. The lowest BCUT2D eigenvalue weighted by Gasteiger charge is -2.10. The number of carbonyl (C=O) groups excluding carboxylic acids is 1. The number of aryl methyl sites for hydroxylation is 1. The molecule has 0 saturated carbocycles. The summed E-state index contributed by atoms with van der Waals surface area (Å²) < 4.78 is 1.88. The van der Waals surface area contributed by atoms with Crippen molar-refractivity contribution >= 4 is 5.91 Å². The van der Waals surface area contributed by atoms with Crippen LogP contribution < -0.4 is 11.1 Å². The number of carbonyl (C=O) groups is 1. The van der Waals surface area contributed by atoms with Crippen molar-refractivity contribution in [2.45, 2.75) is 32.9 Å². The minimum absolute atomic E-state index is 0.199. The fourth-order valence-corrected chi connectivity index (χ4v) is 1.31. The predicted molar refractivity (Wildman–Crippen MR) is 58.1 cm³/mol. The zero-order chi connectivity index (χ0) is 11.3. The Morgan fingerprint density at radius 1 is 1.73 bits per heavy atom. The first-order valence-electron chi connectivity index (χ1n) is 5.17. The van der Waals surface area contributed by atoms with Gasteiger partial charge >= 0.3 is 0 Å². The normalized spacial score (nSPS) is 12.7. The summed E-state index contributed by atoms with van der Waals surface area (Å²) in [5, 5.41) is 7.40. The molecule has 0 bridgehead atoms. The molecule has 0 spiro atoms. The summed E-state index contributed by atoms with van der Waals surface area (Å²) in [6.07, 6.45) is 4.21. The summed E-state index contributed by atoms with van der Waals surface area (Å²) >= 11 is 0. The Bertz CT molecular complexity index is 321. The lowest BCUT2D eigenvalue weighted by molar-refractivity contribution is -0.117. The van der Waals surface area contributed by atoms with Crippen molar-refractivity contribution in [1.29, 1.82) is 0 Å². The number of hydrogen-bond donors (Lipinski definition) is 2. The highest BCUT2D eigenvalue weighted by Gasteiger charge is 2.07. The highest BCUT2D eigenvalue weighted by molar-refractivity contribution is 5.73. The fourth-order valence-electron chi connectivity index (χ4n) is 1.31. The van der Waals surface area contributed by atoms with Crippen molar-refractivity contribution < 1.29 is 4.79 Å². The number of nitrogens with zero attached hydrogens (tertiary/aromatic N) is 2. The summed E-state index contributed by atoms with van der Waals surface area (Å²) in [5.74, 6) is -0.279. The summed E-state index contributed by atoms with van der Waals surface area (Å²) in [6, 6.07) is 0.199. The van der Waals surface area contributed by atoms with Crippen LogP contribution in [0.15, 0.2) is 12.4 Å². The van der Waals surface area contributed by atoms with E-state index in [4.69, 9.17) is 5.73 Å². The Morgan fingerprint density at radius 2 is 2.47 bits per heavy atom. The minimum Gasteiger partial charge on any atom is -0.370 e. The van der Waals surface area contributed by atoms with Gasteiger partial charge < -0.3 is 11.1 Å². The van der Waals surface area contributed by atoms with Gasteiger partial charge in [0.15, 0.2) is 0 Å². The quantitative estimate of drug-likeness (QED) is 0.715. The van der Waals surface area contributed by atoms with Crippen molar-refractivity contribution in [2.75, 3.05) is 6.54 Å². The van der Waals surface area contributed by atoms with Crippen molar-refractivity contribution in [3.8, 4) is 0 Å². The zero-order valence-corrected chi connectivity index (χ0v) is 9.23. The molecule has 1 heterocycles. The minimum atomic E-state index is -0.279. The summed E-state index contributed by atoms with van der Waals surface area (Å²) in [4.78, 5) is 10.5. The molecule has 3 N–H and O–H groups in total. The van der Waals surface area contributed by atoms with E-state index in [0.717, 1.165) is 12.1 Å². The molecule has 1 amide bonds. The third-order valence-electron chi connectivity index (χ3n) is 2.30. The van der Waals surface area contributed by atoms with Crippen LogP contribution in [0.2, 0.25) is 0 Å². The van der Waals surface area contributed by atoms with Gasteiger partial charge in [0.05, 0.1) is 6.20 Å². The van der Waals surface area contributed by atoms with Gasteiger partial charge in [-0.3, -0.25) is 9.48 Å². The first-order chi connectivity index (χ1) is 7.13. The molecule has 1 aromatic rings. The lowest BCUT2D eigenvalue weighted by Crippen LogP contribution is -2.24. The van der Waals surface area contributed by atoms with E-state index in [1.54, 1.807) is 0 Å². The third-order valence-corrected chi connectivity index (χ3v) is 2.30. The highest BCUT2D eigenvalue weighted by Crippen LogP contribution is 2.10. The molecule has 0 aliphatic heterocycles. The van der Waals surface area contributed by atoms with Crippen LogP contribution in [0.3, 0.4) is 0 Å². The molecule has 5 heteroatoms. The van der Waals surface area contributed by atoms with Gasteiger partial charge in [0, 0.05) is 37.3 Å². The van der Waals surface area contributed by atoms with E-state index in [0.29, 0.717) is 13.0 Å². The summed E-state index contributed by atoms with van der Waals surface area (Å²) in [5.41, 5.74) is 6.17. The van der Waals surface area contributed by atoms with Crippen LogP contribution >= 0.6 is 0 Å². The standard InChI is InChI=1S/C10H18N4O/c1-3-14-7-9(6-13-14)8(2)12-5-4-10(11)15/h6-8,12H,3-5H2,1-2H3,(H2,11,15). The Labute approximate surface area is 89.6 Å². The second-order valence-corrected chi connectivity index (χ2v) is 3.52. The predicted octanol–water partition coefficient (Wildman–Crippen LogP) is 0.429. The number of hydrogen-bond acceptors (Lipinski definition) is 3. The van der Waals surface area contributed by atoms with Crippen molar-refractivity contribution in [3.05, 3.63) is 18.0 Å². The van der Waals surface area contributed by atoms with Gasteiger partial charge in [0.2, 0.25) is 5.91 Å². The largest absolute Gasteiger partial charge is 0.370 e. The molecule has 1 unspecified atom stereocenters. The van der Waals surface area contributed by atoms with E-state index in [9.17, 15) is 4.79 Å². The molecule has 84 valence electrons. The van der Waals surface area contributed by atoms with Gasteiger partial charge in [0.25, 0.3) is 0 Å². The number of primary amides is 1. The maximum Gasteiger partial charge on any atom is 0.218 e. The van der Waals surface area contributed by atoms with Gasteiger partial charge in [-0.2, -0.15) is 5.10 Å². The number of nitrogens with two attached hydrogens (primary N) is 1. The van der Waals surface area contributed by atoms with Gasteiger partial charge in [0.1, 0.15) is 0 Å². The van der Waals surface area contributed by atoms with Crippen molar-refractivity contribution in [2.24, 2.45) is 5.73 Å². The van der Waals surface area contributed by atoms with Crippen LogP contribution in [-0.4, -0.2) is 22.2 Å². The Hall–Kier alpha value is -1.36. The molecule has 5 nitrogen and oxygen atoms in total. The Balaban J connectivity index is 2.39. The Morgan fingerprint density at radius 3 is 3.00 bits per heavy atom. The molecule has 0 aliphatic carbocycles. The maximum absolute atomic E-state index is 10.5. The summed E-state index contributed by atoms with van der Waals surface area (Å²) in [7, 11) is 0. The van der Waals surface area contributed by atoms with Crippen LogP contribution in [-0.2, 0) is 11.3 Å². The fraction of sp³-hybridized carbons (Fsp3) is 0.600. The van der Waals surface area contributed by atoms with Crippen molar-refractivity contribution in [3.63, 3.8) is 0 Å². The second kappa shape index (κ2) is 5.50. The number of rotatable bonds is 6. The summed E-state index contributed by atoms with van der Waals surface area (Å²) in [6.45, 7) is 5.56. The third kappa shape index (κ3) is 3.71. The molecule has 0 saturated heterocycles. The van der Waals surface area contributed by atoms with Gasteiger partial charge in [-0.1, -0.05) is 0 Å². The molecule has 1 aromatic heterocycles. The van der Waals surface area contributed by atoms with Gasteiger partial charge in [-0.05, 0) is 13.8 Å². The topological polar surface area (TPSA) is 72.9 Å². The first-order valence-corrected chi connectivity index (χ1v) is 5.17. The van der Waals surface area contributed by atoms with Crippen LogP contribution in [0.1, 0.15) is 31.9 Å². The molecular formula is C10H18N4O. The van der Waals surface area contributed by atoms with Crippen LogP contribution in [0, 0.1) is 0 Å². The molecule has 15 heavy (non-hydrogen) atoms. The van der Waals surface area contributed by atoms with E-state index in [1.165, 1.54) is 0 Å². The van der Waals surface area contributed by atoms with Crippen LogP contribution in [0.4, 0.5) is 0 Å². The highest BCUT2D eigenvalue weighted by atomic mass is 16.1. The average molecular weight is 210 g/mol. The molecule has 1 rings (SSSR count). The molecule has 0 radical (unpaired) electrons. The molecule has 0 aromatic carbocycles. The van der Waals surface area contributed by atoms with Gasteiger partial charge in [-0.15, -0.1) is 0 Å². The smallest absolute Gasteiger partial charge is 0.218 e. The van der Waals surface area contributed by atoms with E-state index >= 15 is 0 Å². The van der Waals surface area contributed by atoms with Crippen LogP contribution in [0.25, 0.3) is 0 Å². The van der Waals surface area contributed by atoms with E-state index in [2.05, 4.69) is 10.4 Å².